The molecule has 0 radical (unpaired) electrons. The topological polar surface area (TPSA) is 80.4 Å². The zero-order chi connectivity index (χ0) is 16.1. The number of hydrogen-bond acceptors (Lipinski definition) is 5. The third-order valence-electron chi connectivity index (χ3n) is 4.50. The number of hydrogen-bond donors (Lipinski definition) is 1. The van der Waals surface area contributed by atoms with Crippen LogP contribution in [0.2, 0.25) is 0 Å². The number of fused-ring (bicyclic) bond motifs is 5. The van der Waals surface area contributed by atoms with E-state index in [1.54, 1.807) is 15.9 Å². The summed E-state index contributed by atoms with van der Waals surface area (Å²) in [5.41, 5.74) is 2.21. The zero-order valence-electron chi connectivity index (χ0n) is 13.2. The van der Waals surface area contributed by atoms with Gasteiger partial charge in [0, 0.05) is 11.3 Å². The molecular formula is C16H18N4O2S. The minimum absolute atomic E-state index is 0.0469. The summed E-state index contributed by atoms with van der Waals surface area (Å²) in [5, 5.41) is 14.4. The molecule has 0 bridgehead atoms. The van der Waals surface area contributed by atoms with Gasteiger partial charge in [0.25, 0.3) is 0 Å². The van der Waals surface area contributed by atoms with Crippen LogP contribution in [-0.2, 0) is 24.1 Å². The van der Waals surface area contributed by atoms with Gasteiger partial charge in [-0.25, -0.2) is 9.97 Å². The highest BCUT2D eigenvalue weighted by molar-refractivity contribution is 7.19. The molecule has 0 saturated heterocycles. The quantitative estimate of drug-likeness (QED) is 0.798. The van der Waals surface area contributed by atoms with Crippen LogP contribution in [0.15, 0.2) is 0 Å². The highest BCUT2D eigenvalue weighted by Crippen LogP contribution is 2.38. The number of thiophene rings is 1. The number of aliphatic carboxylic acids is 1. The number of aromatic nitrogens is 4. The van der Waals surface area contributed by atoms with E-state index >= 15 is 0 Å². The lowest BCUT2D eigenvalue weighted by Gasteiger charge is -2.17. The summed E-state index contributed by atoms with van der Waals surface area (Å²) in [6.07, 6.45) is 3.80. The van der Waals surface area contributed by atoms with Gasteiger partial charge in [-0.05, 0) is 37.7 Å². The molecule has 0 unspecified atom stereocenters. The first-order valence-electron chi connectivity index (χ1n) is 7.91. The molecule has 120 valence electrons. The van der Waals surface area contributed by atoms with E-state index in [1.807, 2.05) is 6.92 Å². The van der Waals surface area contributed by atoms with Crippen LogP contribution >= 0.6 is 11.3 Å². The Labute approximate surface area is 137 Å². The second kappa shape index (κ2) is 5.26. The van der Waals surface area contributed by atoms with Crippen molar-refractivity contribution in [2.24, 2.45) is 5.92 Å². The van der Waals surface area contributed by atoms with Crippen molar-refractivity contribution >= 4 is 33.2 Å². The van der Waals surface area contributed by atoms with Gasteiger partial charge in [0.1, 0.15) is 10.7 Å². The lowest BCUT2D eigenvalue weighted by molar-refractivity contribution is -0.137. The van der Waals surface area contributed by atoms with Crippen LogP contribution < -0.4 is 0 Å². The number of rotatable bonds is 3. The minimum atomic E-state index is -0.828. The van der Waals surface area contributed by atoms with Crippen LogP contribution in [0.1, 0.15) is 41.9 Å². The van der Waals surface area contributed by atoms with Crippen molar-refractivity contribution in [1.82, 2.24) is 19.6 Å². The van der Waals surface area contributed by atoms with Gasteiger partial charge in [-0.15, -0.1) is 16.4 Å². The molecule has 3 heterocycles. The third-order valence-corrected chi connectivity index (χ3v) is 5.68. The van der Waals surface area contributed by atoms with Crippen LogP contribution in [0.4, 0.5) is 0 Å². The van der Waals surface area contributed by atoms with E-state index in [-0.39, 0.29) is 6.42 Å². The second-order valence-corrected chi connectivity index (χ2v) is 7.43. The van der Waals surface area contributed by atoms with Gasteiger partial charge in [0.05, 0.1) is 11.8 Å². The highest BCUT2D eigenvalue weighted by Gasteiger charge is 2.24. The molecule has 4 rings (SSSR count). The van der Waals surface area contributed by atoms with Crippen LogP contribution in [0.3, 0.4) is 0 Å². The maximum atomic E-state index is 10.8. The molecule has 3 aromatic heterocycles. The second-order valence-electron chi connectivity index (χ2n) is 6.35. The van der Waals surface area contributed by atoms with Gasteiger partial charge >= 0.3 is 5.97 Å². The lowest BCUT2D eigenvalue weighted by atomic mass is 9.89. The maximum absolute atomic E-state index is 10.8. The maximum Gasteiger partial charge on any atom is 0.303 e. The Morgan fingerprint density at radius 1 is 1.43 bits per heavy atom. The average Bonchev–Trinajstić information content (AvgIpc) is 3.06. The smallest absolute Gasteiger partial charge is 0.303 e. The summed E-state index contributed by atoms with van der Waals surface area (Å²) in [7, 11) is 0. The van der Waals surface area contributed by atoms with E-state index in [2.05, 4.69) is 17.0 Å². The summed E-state index contributed by atoms with van der Waals surface area (Å²) in [6, 6.07) is 0. The molecular weight excluding hydrogens is 312 g/mol. The standard InChI is InChI=1S/C16H18N4O2S/c1-8-3-4-11-10(7-8)14-15-18-12(5-6-13(21)22)19-20(15)9(2)17-16(14)23-11/h8H,3-7H2,1-2H3,(H,21,22)/t8-/m1/s1. The molecule has 6 nitrogen and oxygen atoms in total. The molecule has 0 spiro atoms. The van der Waals surface area contributed by atoms with E-state index in [0.717, 1.165) is 34.5 Å². The van der Waals surface area contributed by atoms with Gasteiger partial charge in [0.15, 0.2) is 11.5 Å². The number of carboxylic acids is 1. The Balaban J connectivity index is 1.92. The van der Waals surface area contributed by atoms with Gasteiger partial charge in [-0.2, -0.15) is 4.52 Å². The largest absolute Gasteiger partial charge is 0.481 e. The number of carbonyl (C=O) groups is 1. The zero-order valence-corrected chi connectivity index (χ0v) is 14.0. The Morgan fingerprint density at radius 2 is 2.26 bits per heavy atom. The molecule has 0 aliphatic heterocycles. The molecule has 0 amide bonds. The Hall–Kier alpha value is -2.02. The lowest BCUT2D eigenvalue weighted by Crippen LogP contribution is -2.09. The summed E-state index contributed by atoms with van der Waals surface area (Å²) < 4.78 is 1.77. The number of nitrogens with zero attached hydrogens (tertiary/aromatic N) is 4. The SMILES string of the molecule is Cc1nc2sc3c(c2c2nc(CCC(=O)O)nn12)C[C@H](C)CC3. The fraction of sp³-hybridized carbons (Fsp3) is 0.500. The summed E-state index contributed by atoms with van der Waals surface area (Å²) >= 11 is 1.77. The van der Waals surface area contributed by atoms with Gasteiger partial charge in [0.2, 0.25) is 0 Å². The normalized spacial score (nSPS) is 17.7. The number of carboxylic acid groups (broad SMARTS) is 1. The van der Waals surface area contributed by atoms with Crippen molar-refractivity contribution in [3.8, 4) is 0 Å². The van der Waals surface area contributed by atoms with E-state index in [9.17, 15) is 4.79 Å². The molecule has 0 saturated carbocycles. The van der Waals surface area contributed by atoms with Gasteiger partial charge < -0.3 is 5.11 Å². The van der Waals surface area contributed by atoms with Crippen LogP contribution in [0.25, 0.3) is 15.9 Å². The highest BCUT2D eigenvalue weighted by atomic mass is 32.1. The summed E-state index contributed by atoms with van der Waals surface area (Å²) in [4.78, 5) is 22.6. The monoisotopic (exact) mass is 330 g/mol. The number of aryl methyl sites for hydroxylation is 3. The third kappa shape index (κ3) is 2.39. The molecule has 1 aliphatic rings. The molecule has 1 aliphatic carbocycles. The van der Waals surface area contributed by atoms with Crippen LogP contribution in [0, 0.1) is 12.8 Å². The first kappa shape index (κ1) is 14.6. The molecule has 23 heavy (non-hydrogen) atoms. The van der Waals surface area contributed by atoms with E-state index in [1.165, 1.54) is 16.9 Å². The van der Waals surface area contributed by atoms with Crippen molar-refractivity contribution in [3.63, 3.8) is 0 Å². The fourth-order valence-electron chi connectivity index (χ4n) is 3.31. The fourth-order valence-corrected chi connectivity index (χ4v) is 4.57. The van der Waals surface area contributed by atoms with Crippen molar-refractivity contribution < 1.29 is 9.90 Å². The van der Waals surface area contributed by atoms with Gasteiger partial charge in [-0.1, -0.05) is 6.92 Å². The van der Waals surface area contributed by atoms with E-state index < -0.39 is 5.97 Å². The molecule has 3 aromatic rings. The van der Waals surface area contributed by atoms with E-state index in [4.69, 9.17) is 10.1 Å². The molecule has 7 heteroatoms. The Kier molecular flexibility index (Phi) is 3.33. The molecule has 0 aromatic carbocycles. The molecule has 0 fully saturated rings. The molecule has 1 N–H and O–H groups in total. The predicted octanol–water partition coefficient (Wildman–Crippen LogP) is 2.79. The Bertz CT molecular complexity index is 927. The van der Waals surface area contributed by atoms with Crippen LogP contribution in [-0.4, -0.2) is 30.7 Å². The van der Waals surface area contributed by atoms with Crippen molar-refractivity contribution in [1.29, 1.82) is 0 Å². The first-order chi connectivity index (χ1) is 11.0. The Morgan fingerprint density at radius 3 is 3.04 bits per heavy atom. The van der Waals surface area contributed by atoms with Crippen LogP contribution in [0.5, 0.6) is 0 Å². The van der Waals surface area contributed by atoms with Gasteiger partial charge in [-0.3, -0.25) is 4.79 Å². The van der Waals surface area contributed by atoms with Crippen molar-refractivity contribution in [2.45, 2.75) is 46.0 Å². The summed E-state index contributed by atoms with van der Waals surface area (Å²) in [5.74, 6) is 1.23. The predicted molar refractivity (Wildman–Crippen MR) is 88.0 cm³/mol. The molecule has 1 atom stereocenters. The van der Waals surface area contributed by atoms with E-state index in [0.29, 0.717) is 18.2 Å². The average molecular weight is 330 g/mol. The first-order valence-corrected chi connectivity index (χ1v) is 8.73. The minimum Gasteiger partial charge on any atom is -0.481 e. The van der Waals surface area contributed by atoms with Crippen molar-refractivity contribution in [3.05, 3.63) is 22.1 Å². The van der Waals surface area contributed by atoms with Crippen molar-refractivity contribution in [2.75, 3.05) is 0 Å². The summed E-state index contributed by atoms with van der Waals surface area (Å²) in [6.45, 7) is 4.21.